The van der Waals surface area contributed by atoms with Gasteiger partial charge in [0.05, 0.1) is 0 Å². The molecule has 2 rings (SSSR count). The van der Waals surface area contributed by atoms with E-state index >= 15 is 0 Å². The Hall–Kier alpha value is -1.09. The summed E-state index contributed by atoms with van der Waals surface area (Å²) in [6.45, 7) is 0. The molecule has 2 aromatic rings. The lowest BCUT2D eigenvalue weighted by atomic mass is 10.2. The minimum atomic E-state index is 0.265. The van der Waals surface area contributed by atoms with E-state index in [1.165, 1.54) is 0 Å². The molecule has 1 aromatic carbocycles. The van der Waals surface area contributed by atoms with E-state index in [1.807, 2.05) is 12.1 Å². The van der Waals surface area contributed by atoms with Gasteiger partial charge in [-0.25, -0.2) is 0 Å². The van der Waals surface area contributed by atoms with Crippen LogP contribution >= 0.6 is 15.9 Å². The summed E-state index contributed by atoms with van der Waals surface area (Å²) in [6, 6.07) is 5.39. The number of nitrogens with zero attached hydrogens (tertiary/aromatic N) is 1. The van der Waals surface area contributed by atoms with Crippen LogP contribution in [0.15, 0.2) is 35.1 Å². The molecule has 0 atom stereocenters. The molecular weight excluding hydrogens is 218 g/mol. The van der Waals surface area contributed by atoms with Crippen LogP contribution in [0.5, 0.6) is 5.75 Å². The van der Waals surface area contributed by atoms with Gasteiger partial charge in [0.1, 0.15) is 5.75 Å². The van der Waals surface area contributed by atoms with Gasteiger partial charge in [-0.15, -0.1) is 0 Å². The first-order chi connectivity index (χ1) is 5.79. The molecule has 2 nitrogen and oxygen atoms in total. The SMILES string of the molecule is Oc1cccc2c(Br)cncc12. The zero-order valence-corrected chi connectivity index (χ0v) is 7.75. The molecule has 0 saturated carbocycles. The van der Waals surface area contributed by atoms with Crippen molar-refractivity contribution in [1.29, 1.82) is 0 Å². The van der Waals surface area contributed by atoms with Crippen molar-refractivity contribution in [1.82, 2.24) is 4.98 Å². The molecule has 0 aliphatic rings. The molecule has 0 fully saturated rings. The van der Waals surface area contributed by atoms with Gasteiger partial charge in [0.2, 0.25) is 0 Å². The van der Waals surface area contributed by atoms with Crippen molar-refractivity contribution >= 4 is 26.7 Å². The lowest BCUT2D eigenvalue weighted by molar-refractivity contribution is 0.481. The molecule has 60 valence electrons. The van der Waals surface area contributed by atoms with Crippen LogP contribution in [0.1, 0.15) is 0 Å². The van der Waals surface area contributed by atoms with E-state index in [9.17, 15) is 5.11 Å². The van der Waals surface area contributed by atoms with Crippen molar-refractivity contribution in [3.05, 3.63) is 35.1 Å². The van der Waals surface area contributed by atoms with Gasteiger partial charge >= 0.3 is 0 Å². The summed E-state index contributed by atoms with van der Waals surface area (Å²) in [6.07, 6.45) is 3.36. The average molecular weight is 224 g/mol. The molecular formula is C9H6BrNO. The van der Waals surface area contributed by atoms with Crippen LogP contribution in [0.3, 0.4) is 0 Å². The summed E-state index contributed by atoms with van der Waals surface area (Å²) in [7, 11) is 0. The molecule has 0 bridgehead atoms. The molecule has 1 heterocycles. The van der Waals surface area contributed by atoms with Gasteiger partial charge in [-0.1, -0.05) is 12.1 Å². The summed E-state index contributed by atoms with van der Waals surface area (Å²) in [5, 5.41) is 11.2. The van der Waals surface area contributed by atoms with Gasteiger partial charge in [0, 0.05) is 27.6 Å². The summed E-state index contributed by atoms with van der Waals surface area (Å²) in [5.41, 5.74) is 0. The smallest absolute Gasteiger partial charge is 0.124 e. The lowest BCUT2D eigenvalue weighted by Crippen LogP contribution is -1.77. The molecule has 1 aromatic heterocycles. The zero-order valence-electron chi connectivity index (χ0n) is 6.16. The van der Waals surface area contributed by atoms with E-state index in [2.05, 4.69) is 20.9 Å². The molecule has 0 aliphatic carbocycles. The largest absolute Gasteiger partial charge is 0.507 e. The van der Waals surface area contributed by atoms with Crippen molar-refractivity contribution in [3.8, 4) is 5.75 Å². The van der Waals surface area contributed by atoms with Gasteiger partial charge < -0.3 is 5.11 Å². The minimum Gasteiger partial charge on any atom is -0.507 e. The predicted octanol–water partition coefficient (Wildman–Crippen LogP) is 2.70. The van der Waals surface area contributed by atoms with E-state index in [0.29, 0.717) is 0 Å². The third-order valence-electron chi connectivity index (χ3n) is 1.73. The maximum Gasteiger partial charge on any atom is 0.124 e. The Kier molecular flexibility index (Phi) is 1.73. The first kappa shape index (κ1) is 7.55. The topological polar surface area (TPSA) is 33.1 Å². The van der Waals surface area contributed by atoms with Gasteiger partial charge in [-0.2, -0.15) is 0 Å². The summed E-state index contributed by atoms with van der Waals surface area (Å²) >= 11 is 3.36. The number of hydrogen-bond acceptors (Lipinski definition) is 2. The highest BCUT2D eigenvalue weighted by Crippen LogP contribution is 2.28. The van der Waals surface area contributed by atoms with Crippen LogP contribution in [0, 0.1) is 0 Å². The predicted molar refractivity (Wildman–Crippen MR) is 51.1 cm³/mol. The van der Waals surface area contributed by atoms with E-state index in [4.69, 9.17) is 0 Å². The maximum absolute atomic E-state index is 9.43. The number of benzene rings is 1. The second-order valence-corrected chi connectivity index (χ2v) is 3.35. The molecule has 12 heavy (non-hydrogen) atoms. The first-order valence-corrected chi connectivity index (χ1v) is 4.29. The van der Waals surface area contributed by atoms with Crippen LogP contribution < -0.4 is 0 Å². The van der Waals surface area contributed by atoms with Crippen LogP contribution in [0.4, 0.5) is 0 Å². The van der Waals surface area contributed by atoms with Crippen molar-refractivity contribution in [2.45, 2.75) is 0 Å². The number of phenolic OH excluding ortho intramolecular Hbond substituents is 1. The number of halogens is 1. The Labute approximate surface area is 78.0 Å². The Morgan fingerprint density at radius 3 is 2.75 bits per heavy atom. The standard InChI is InChI=1S/C9H6BrNO/c10-8-5-11-4-7-6(8)2-1-3-9(7)12/h1-5,12H. The maximum atomic E-state index is 9.43. The Morgan fingerprint density at radius 2 is 2.00 bits per heavy atom. The molecule has 0 unspecified atom stereocenters. The molecule has 0 aliphatic heterocycles. The molecule has 1 N–H and O–H groups in total. The third-order valence-corrected chi connectivity index (χ3v) is 2.36. The fraction of sp³-hybridized carbons (Fsp3) is 0. The van der Waals surface area contributed by atoms with Crippen molar-refractivity contribution in [3.63, 3.8) is 0 Å². The highest BCUT2D eigenvalue weighted by atomic mass is 79.9. The monoisotopic (exact) mass is 223 g/mol. The number of hydrogen-bond donors (Lipinski definition) is 1. The number of aromatic hydroxyl groups is 1. The second-order valence-electron chi connectivity index (χ2n) is 2.49. The van der Waals surface area contributed by atoms with Gasteiger partial charge in [0.25, 0.3) is 0 Å². The third kappa shape index (κ3) is 1.06. The van der Waals surface area contributed by atoms with E-state index in [-0.39, 0.29) is 5.75 Å². The lowest BCUT2D eigenvalue weighted by Gasteiger charge is -2.00. The van der Waals surface area contributed by atoms with Gasteiger partial charge in [-0.3, -0.25) is 4.98 Å². The molecule has 0 amide bonds. The highest BCUT2D eigenvalue weighted by molar-refractivity contribution is 9.10. The zero-order chi connectivity index (χ0) is 8.55. The fourth-order valence-electron chi connectivity index (χ4n) is 1.14. The Bertz CT molecular complexity index is 387. The van der Waals surface area contributed by atoms with Crippen molar-refractivity contribution in [2.75, 3.05) is 0 Å². The minimum absolute atomic E-state index is 0.265. The van der Waals surface area contributed by atoms with Crippen LogP contribution in [-0.4, -0.2) is 10.1 Å². The number of pyridine rings is 1. The first-order valence-electron chi connectivity index (χ1n) is 3.50. The summed E-state index contributed by atoms with van der Waals surface area (Å²) in [4.78, 5) is 3.97. The molecule has 0 saturated heterocycles. The van der Waals surface area contributed by atoms with Crippen LogP contribution in [0.2, 0.25) is 0 Å². The Morgan fingerprint density at radius 1 is 1.17 bits per heavy atom. The quantitative estimate of drug-likeness (QED) is 0.746. The summed E-state index contributed by atoms with van der Waals surface area (Å²) in [5.74, 6) is 0.265. The average Bonchev–Trinajstić information content (AvgIpc) is 2.07. The fourth-order valence-corrected chi connectivity index (χ4v) is 1.61. The van der Waals surface area contributed by atoms with Crippen LogP contribution in [-0.2, 0) is 0 Å². The van der Waals surface area contributed by atoms with E-state index in [1.54, 1.807) is 18.5 Å². The molecule has 3 heteroatoms. The number of phenols is 1. The van der Waals surface area contributed by atoms with Gasteiger partial charge in [0.15, 0.2) is 0 Å². The van der Waals surface area contributed by atoms with Gasteiger partial charge in [-0.05, 0) is 22.0 Å². The molecule has 0 radical (unpaired) electrons. The highest BCUT2D eigenvalue weighted by Gasteiger charge is 2.00. The number of rotatable bonds is 0. The molecule has 0 spiro atoms. The normalized spacial score (nSPS) is 10.4. The Balaban J connectivity index is 2.94. The number of aromatic nitrogens is 1. The van der Waals surface area contributed by atoms with E-state index < -0.39 is 0 Å². The number of fused-ring (bicyclic) bond motifs is 1. The second kappa shape index (κ2) is 2.75. The van der Waals surface area contributed by atoms with E-state index in [0.717, 1.165) is 15.2 Å². The summed E-state index contributed by atoms with van der Waals surface area (Å²) < 4.78 is 0.899. The van der Waals surface area contributed by atoms with Crippen molar-refractivity contribution < 1.29 is 5.11 Å². The van der Waals surface area contributed by atoms with Crippen LogP contribution in [0.25, 0.3) is 10.8 Å². The van der Waals surface area contributed by atoms with Crippen molar-refractivity contribution in [2.24, 2.45) is 0 Å².